The van der Waals surface area contributed by atoms with Crippen LogP contribution in [-0.4, -0.2) is 11.5 Å². The second-order valence-corrected chi connectivity index (χ2v) is 8.95. The summed E-state index contributed by atoms with van der Waals surface area (Å²) < 4.78 is 12.3. The number of rotatable bonds is 5. The van der Waals surface area contributed by atoms with Crippen LogP contribution in [0.25, 0.3) is 22.1 Å². The van der Waals surface area contributed by atoms with E-state index in [0.717, 1.165) is 21.0 Å². The Bertz CT molecular complexity index is 1360. The van der Waals surface area contributed by atoms with Crippen molar-refractivity contribution in [3.05, 3.63) is 93.3 Å². The normalized spacial score (nSPS) is 11.4. The third-order valence-corrected chi connectivity index (χ3v) is 5.68. The Morgan fingerprint density at radius 3 is 2.41 bits per heavy atom. The topological polar surface area (TPSA) is 68.5 Å². The molecule has 0 aliphatic heterocycles. The van der Waals surface area contributed by atoms with E-state index in [0.29, 0.717) is 22.6 Å². The second-order valence-electron chi connectivity index (χ2n) is 8.04. The summed E-state index contributed by atoms with van der Waals surface area (Å²) >= 11 is 3.38. The quantitative estimate of drug-likeness (QED) is 0.331. The minimum absolute atomic E-state index is 0.280. The second kappa shape index (κ2) is 8.63. The molecule has 0 saturated heterocycles. The largest absolute Gasteiger partial charge is 0.478 e. The molecule has 0 radical (unpaired) electrons. The van der Waals surface area contributed by atoms with Crippen molar-refractivity contribution in [2.45, 2.75) is 26.4 Å². The molecule has 1 heterocycles. The van der Waals surface area contributed by atoms with E-state index in [2.05, 4.69) is 21.2 Å². The zero-order valence-electron chi connectivity index (χ0n) is 17.9. The number of halogens is 1. The molecule has 0 atom stereocenters. The molecule has 0 unspecified atom stereocenters. The molecule has 0 spiro atoms. The van der Waals surface area contributed by atoms with Crippen molar-refractivity contribution in [2.75, 3.05) is 5.32 Å². The fourth-order valence-electron chi connectivity index (χ4n) is 3.42. The van der Waals surface area contributed by atoms with Gasteiger partial charge in [0.15, 0.2) is 5.60 Å². The van der Waals surface area contributed by atoms with Crippen LogP contribution >= 0.6 is 15.9 Å². The lowest BCUT2D eigenvalue weighted by molar-refractivity contribution is -0.128. The van der Waals surface area contributed by atoms with Gasteiger partial charge < -0.3 is 14.5 Å². The summed E-state index contributed by atoms with van der Waals surface area (Å²) in [6, 6.07) is 22.0. The minimum Gasteiger partial charge on any atom is -0.478 e. The highest BCUT2D eigenvalue weighted by atomic mass is 79.9. The maximum Gasteiger partial charge on any atom is 0.344 e. The van der Waals surface area contributed by atoms with Gasteiger partial charge in [0.1, 0.15) is 11.3 Å². The van der Waals surface area contributed by atoms with Crippen LogP contribution in [-0.2, 0) is 4.79 Å². The third kappa shape index (κ3) is 4.60. The average Bonchev–Trinajstić information content (AvgIpc) is 2.75. The highest BCUT2D eigenvalue weighted by molar-refractivity contribution is 9.10. The fraction of sp³-hybridized carbons (Fsp3) is 0.154. The number of para-hydroxylation sites is 1. The molecule has 4 aromatic rings. The summed E-state index contributed by atoms with van der Waals surface area (Å²) in [4.78, 5) is 25.4. The fourth-order valence-corrected chi connectivity index (χ4v) is 3.68. The Labute approximate surface area is 194 Å². The van der Waals surface area contributed by atoms with E-state index in [1.165, 1.54) is 0 Å². The molecular weight excluding hydrogens is 470 g/mol. The van der Waals surface area contributed by atoms with Crippen LogP contribution in [0.1, 0.15) is 19.4 Å². The van der Waals surface area contributed by atoms with E-state index in [4.69, 9.17) is 9.15 Å². The predicted octanol–water partition coefficient (Wildman–Crippen LogP) is 6.33. The van der Waals surface area contributed by atoms with Crippen LogP contribution in [0.5, 0.6) is 5.75 Å². The maximum atomic E-state index is 12.9. The standard InChI is InChI=1S/C26H22BrNO4/c1-16-14-19(28-25(30)26(2,3)32-20-11-8-18(27)9-12-20)10-13-21(16)22-15-17-6-4-5-7-23(17)31-24(22)29/h4-15H,1-3H3,(H,28,30). The monoisotopic (exact) mass is 491 g/mol. The molecule has 6 heteroatoms. The van der Waals surface area contributed by atoms with E-state index < -0.39 is 11.2 Å². The van der Waals surface area contributed by atoms with Crippen LogP contribution in [0.3, 0.4) is 0 Å². The maximum absolute atomic E-state index is 12.9. The number of amides is 1. The molecule has 0 aliphatic carbocycles. The summed E-state index contributed by atoms with van der Waals surface area (Å²) in [6.07, 6.45) is 0. The molecule has 3 aromatic carbocycles. The van der Waals surface area contributed by atoms with Crippen molar-refractivity contribution in [2.24, 2.45) is 0 Å². The van der Waals surface area contributed by atoms with Crippen LogP contribution < -0.4 is 15.7 Å². The lowest BCUT2D eigenvalue weighted by Gasteiger charge is -2.25. The number of carbonyl (C=O) groups excluding carboxylic acids is 1. The molecular formula is C26H22BrNO4. The number of hydrogen-bond acceptors (Lipinski definition) is 4. The van der Waals surface area contributed by atoms with Crippen molar-refractivity contribution in [3.63, 3.8) is 0 Å². The summed E-state index contributed by atoms with van der Waals surface area (Å²) in [5.74, 6) is 0.320. The highest BCUT2D eigenvalue weighted by Crippen LogP contribution is 2.27. The molecule has 0 aliphatic rings. The lowest BCUT2D eigenvalue weighted by atomic mass is 10.00. The van der Waals surface area contributed by atoms with Crippen molar-refractivity contribution < 1.29 is 13.9 Å². The minimum atomic E-state index is -1.08. The molecule has 162 valence electrons. The number of aryl methyl sites for hydroxylation is 1. The summed E-state index contributed by atoms with van der Waals surface area (Å²) in [6.45, 7) is 5.32. The van der Waals surface area contributed by atoms with Crippen LogP contribution in [0.15, 0.2) is 86.5 Å². The Morgan fingerprint density at radius 1 is 0.969 bits per heavy atom. The number of carbonyl (C=O) groups is 1. The first-order valence-electron chi connectivity index (χ1n) is 10.1. The summed E-state index contributed by atoms with van der Waals surface area (Å²) in [5.41, 5.74) is 1.78. The van der Waals surface area contributed by atoms with E-state index in [-0.39, 0.29) is 5.91 Å². The Hall–Kier alpha value is -3.38. The molecule has 32 heavy (non-hydrogen) atoms. The predicted molar refractivity (Wildman–Crippen MR) is 130 cm³/mol. The van der Waals surface area contributed by atoms with Gasteiger partial charge in [-0.1, -0.05) is 40.2 Å². The number of fused-ring (bicyclic) bond motifs is 1. The van der Waals surface area contributed by atoms with Gasteiger partial charge in [-0.25, -0.2) is 4.79 Å². The van der Waals surface area contributed by atoms with Gasteiger partial charge in [0, 0.05) is 15.5 Å². The van der Waals surface area contributed by atoms with Gasteiger partial charge in [-0.05, 0) is 80.4 Å². The van der Waals surface area contributed by atoms with Gasteiger partial charge in [0.05, 0.1) is 5.56 Å². The van der Waals surface area contributed by atoms with Gasteiger partial charge in [-0.2, -0.15) is 0 Å². The molecule has 0 fully saturated rings. The molecule has 0 bridgehead atoms. The van der Waals surface area contributed by atoms with Gasteiger partial charge in [-0.15, -0.1) is 0 Å². The van der Waals surface area contributed by atoms with Crippen molar-refractivity contribution in [3.8, 4) is 16.9 Å². The average molecular weight is 492 g/mol. The number of ether oxygens (including phenoxy) is 1. The SMILES string of the molecule is Cc1cc(NC(=O)C(C)(C)Oc2ccc(Br)cc2)ccc1-c1cc2ccccc2oc1=O. The first kappa shape index (κ1) is 21.8. The first-order chi connectivity index (χ1) is 15.2. The Morgan fingerprint density at radius 2 is 1.69 bits per heavy atom. The molecule has 4 rings (SSSR count). The Kier molecular flexibility index (Phi) is 5.89. The van der Waals surface area contributed by atoms with Crippen molar-refractivity contribution >= 4 is 38.5 Å². The molecule has 0 saturated carbocycles. The highest BCUT2D eigenvalue weighted by Gasteiger charge is 2.30. The third-order valence-electron chi connectivity index (χ3n) is 5.15. The zero-order chi connectivity index (χ0) is 22.9. The van der Waals surface area contributed by atoms with E-state index in [1.54, 1.807) is 38.1 Å². The number of anilines is 1. The van der Waals surface area contributed by atoms with E-state index in [1.807, 2.05) is 55.5 Å². The smallest absolute Gasteiger partial charge is 0.344 e. The van der Waals surface area contributed by atoms with E-state index >= 15 is 0 Å². The van der Waals surface area contributed by atoms with Gasteiger partial charge in [-0.3, -0.25) is 4.79 Å². The number of benzene rings is 3. The zero-order valence-corrected chi connectivity index (χ0v) is 19.5. The van der Waals surface area contributed by atoms with Gasteiger partial charge in [0.25, 0.3) is 5.91 Å². The molecule has 1 N–H and O–H groups in total. The van der Waals surface area contributed by atoms with Crippen LogP contribution in [0, 0.1) is 6.92 Å². The number of nitrogens with one attached hydrogen (secondary N) is 1. The van der Waals surface area contributed by atoms with Gasteiger partial charge in [0.2, 0.25) is 0 Å². The Balaban J connectivity index is 1.56. The lowest BCUT2D eigenvalue weighted by Crippen LogP contribution is -2.42. The first-order valence-corrected chi connectivity index (χ1v) is 10.9. The van der Waals surface area contributed by atoms with Crippen molar-refractivity contribution in [1.82, 2.24) is 0 Å². The van der Waals surface area contributed by atoms with Crippen molar-refractivity contribution in [1.29, 1.82) is 0 Å². The molecule has 1 amide bonds. The summed E-state index contributed by atoms with van der Waals surface area (Å²) in [5, 5.41) is 3.76. The van der Waals surface area contributed by atoms with Gasteiger partial charge >= 0.3 is 5.63 Å². The van der Waals surface area contributed by atoms with Crippen LogP contribution in [0.2, 0.25) is 0 Å². The number of hydrogen-bond donors (Lipinski definition) is 1. The molecule has 1 aromatic heterocycles. The van der Waals surface area contributed by atoms with E-state index in [9.17, 15) is 9.59 Å². The summed E-state index contributed by atoms with van der Waals surface area (Å²) in [7, 11) is 0. The van der Waals surface area contributed by atoms with Crippen LogP contribution in [0.4, 0.5) is 5.69 Å². The molecule has 5 nitrogen and oxygen atoms in total.